The van der Waals surface area contributed by atoms with Crippen LogP contribution >= 0.6 is 11.3 Å². The van der Waals surface area contributed by atoms with Gasteiger partial charge in [0.05, 0.1) is 5.54 Å². The van der Waals surface area contributed by atoms with Gasteiger partial charge in [-0.2, -0.15) is 0 Å². The smallest absolute Gasteiger partial charge is 0.252 e. The number of hydrogen-bond donors (Lipinski definition) is 0. The van der Waals surface area contributed by atoms with Crippen LogP contribution in [-0.4, -0.2) is 12.3 Å². The largest absolute Gasteiger partial charge is 0.334 e. The van der Waals surface area contributed by atoms with Gasteiger partial charge in [-0.05, 0) is 160 Å². The molecule has 1 aliphatic carbocycles. The molecule has 5 heteroatoms. The number of fused-ring (bicyclic) bond motifs is 10. The van der Waals surface area contributed by atoms with E-state index in [4.69, 9.17) is 0 Å². The fourth-order valence-corrected chi connectivity index (χ4v) is 13.9. The van der Waals surface area contributed by atoms with E-state index in [1.165, 1.54) is 129 Å². The van der Waals surface area contributed by atoms with E-state index >= 15 is 0 Å². The molecule has 12 rings (SSSR count). The number of rotatable bonds is 3. The fourth-order valence-electron chi connectivity index (χ4n) is 12.9. The summed E-state index contributed by atoms with van der Waals surface area (Å²) in [7, 11) is 0. The molecular formula is C63H66BN3S. The quantitative estimate of drug-likeness (QED) is 0.164. The van der Waals surface area contributed by atoms with Crippen molar-refractivity contribution < 1.29 is 0 Å². The molecule has 4 heterocycles. The van der Waals surface area contributed by atoms with Gasteiger partial charge in [0.15, 0.2) is 0 Å². The molecule has 2 atom stereocenters. The Morgan fingerprint density at radius 1 is 0.485 bits per heavy atom. The molecule has 0 N–H and O–H groups in total. The van der Waals surface area contributed by atoms with Crippen LogP contribution in [0.2, 0.25) is 0 Å². The summed E-state index contributed by atoms with van der Waals surface area (Å²) in [4.78, 5) is 8.00. The first kappa shape index (κ1) is 43.5. The highest BCUT2D eigenvalue weighted by Gasteiger charge is 2.58. The molecule has 68 heavy (non-hydrogen) atoms. The minimum atomic E-state index is -0.0672. The van der Waals surface area contributed by atoms with Crippen molar-refractivity contribution in [2.75, 3.05) is 14.7 Å². The van der Waals surface area contributed by atoms with Gasteiger partial charge in [0, 0.05) is 71.1 Å². The van der Waals surface area contributed by atoms with Crippen molar-refractivity contribution in [2.24, 2.45) is 0 Å². The van der Waals surface area contributed by atoms with Crippen molar-refractivity contribution in [3.8, 4) is 0 Å². The topological polar surface area (TPSA) is 9.72 Å². The SMILES string of the molecule is Cc1cc2c3c(c1)N(c1ccc(C(C)(C)C)cc1)c1cc(N4c5ccc(C(C)(C)C)cc5C5(C)CCCCC45C)ccc1B3c1cc(C(C)(C)C)ccc1N2c1ccc2sc3ccccc3c2c1. The molecule has 342 valence electrons. The lowest BCUT2D eigenvalue weighted by Gasteiger charge is -2.50. The van der Waals surface area contributed by atoms with Gasteiger partial charge in [0.2, 0.25) is 0 Å². The number of anilines is 8. The minimum Gasteiger partial charge on any atom is -0.334 e. The van der Waals surface area contributed by atoms with Crippen LogP contribution in [-0.2, 0) is 21.7 Å². The Kier molecular flexibility index (Phi) is 9.36. The van der Waals surface area contributed by atoms with Crippen molar-refractivity contribution in [2.45, 2.75) is 136 Å². The Morgan fingerprint density at radius 3 is 1.78 bits per heavy atom. The van der Waals surface area contributed by atoms with E-state index < -0.39 is 0 Å². The van der Waals surface area contributed by atoms with Gasteiger partial charge in [-0.15, -0.1) is 11.3 Å². The molecule has 4 aliphatic rings. The monoisotopic (exact) mass is 908 g/mol. The van der Waals surface area contributed by atoms with Crippen LogP contribution in [0, 0.1) is 6.92 Å². The molecule has 0 amide bonds. The molecule has 2 unspecified atom stereocenters. The normalized spacial score (nSPS) is 19.8. The second-order valence-corrected chi connectivity index (χ2v) is 25.4. The summed E-state index contributed by atoms with van der Waals surface area (Å²) < 4.78 is 2.66. The van der Waals surface area contributed by atoms with Crippen molar-refractivity contribution >= 4 is 100 Å². The van der Waals surface area contributed by atoms with Crippen LogP contribution in [0.1, 0.15) is 130 Å². The molecule has 1 saturated carbocycles. The number of hydrogen-bond acceptors (Lipinski definition) is 4. The Morgan fingerprint density at radius 2 is 1.07 bits per heavy atom. The van der Waals surface area contributed by atoms with Crippen LogP contribution in [0.3, 0.4) is 0 Å². The Hall–Kier alpha value is -5.78. The average molecular weight is 908 g/mol. The molecule has 0 saturated heterocycles. The fraction of sp³-hybridized carbons (Fsp3) is 0.333. The van der Waals surface area contributed by atoms with Crippen LogP contribution in [0.5, 0.6) is 0 Å². The first-order valence-electron chi connectivity index (χ1n) is 25.2. The van der Waals surface area contributed by atoms with E-state index in [1.807, 2.05) is 11.3 Å². The molecule has 0 radical (unpaired) electrons. The molecule has 8 aromatic rings. The summed E-state index contributed by atoms with van der Waals surface area (Å²) in [5, 5.41) is 2.64. The lowest BCUT2D eigenvalue weighted by atomic mass is 9.33. The standard InChI is InChI=1S/C63H66BN3S/c1-39-33-54-58-55(34-39)66(44-26-30-57-47(37-44)46-17-13-14-18-56(46)68-57)52-29-22-42(61(8,9)10)36-50(52)64(58)49-27-25-45(38-53(49)65(54)43-23-19-40(20-24-43)59(2,3)4)67-51-28-21-41(60(5,6)7)35-48(51)62(11)31-15-16-32-63(62,67)12/h13-14,17-30,33-38H,15-16,31-32H2,1-12H3. The second-order valence-electron chi connectivity index (χ2n) is 24.3. The van der Waals surface area contributed by atoms with E-state index in [9.17, 15) is 0 Å². The van der Waals surface area contributed by atoms with Crippen LogP contribution in [0.4, 0.5) is 45.5 Å². The van der Waals surface area contributed by atoms with Gasteiger partial charge in [-0.25, -0.2) is 0 Å². The van der Waals surface area contributed by atoms with E-state index in [0.29, 0.717) is 0 Å². The van der Waals surface area contributed by atoms with Crippen LogP contribution in [0.15, 0.2) is 133 Å². The van der Waals surface area contributed by atoms with Gasteiger partial charge in [0.25, 0.3) is 6.71 Å². The van der Waals surface area contributed by atoms with Crippen molar-refractivity contribution in [1.82, 2.24) is 0 Å². The predicted octanol–water partition coefficient (Wildman–Crippen LogP) is 16.1. The van der Waals surface area contributed by atoms with E-state index in [-0.39, 0.29) is 33.9 Å². The molecule has 3 aliphatic heterocycles. The Labute approximate surface area is 409 Å². The molecule has 0 bridgehead atoms. The zero-order valence-electron chi connectivity index (χ0n) is 42.4. The molecule has 3 nitrogen and oxygen atoms in total. The summed E-state index contributed by atoms with van der Waals surface area (Å²) in [5.41, 5.74) is 21.2. The average Bonchev–Trinajstić information content (AvgIpc) is 3.76. The van der Waals surface area contributed by atoms with Gasteiger partial charge in [0.1, 0.15) is 0 Å². The van der Waals surface area contributed by atoms with Crippen LogP contribution in [0.25, 0.3) is 20.2 Å². The summed E-state index contributed by atoms with van der Waals surface area (Å²) in [6, 6.07) is 52.9. The number of aryl methyl sites for hydroxylation is 1. The number of nitrogens with zero attached hydrogens (tertiary/aromatic N) is 3. The Balaban J connectivity index is 1.13. The maximum Gasteiger partial charge on any atom is 0.252 e. The highest BCUT2D eigenvalue weighted by atomic mass is 32.1. The van der Waals surface area contributed by atoms with E-state index in [0.717, 1.165) is 6.42 Å². The third kappa shape index (κ3) is 6.29. The predicted molar refractivity (Wildman–Crippen MR) is 297 cm³/mol. The van der Waals surface area contributed by atoms with E-state index in [2.05, 4.69) is 231 Å². The third-order valence-corrected chi connectivity index (χ3v) is 18.1. The number of benzene rings is 7. The zero-order valence-corrected chi connectivity index (χ0v) is 43.2. The van der Waals surface area contributed by atoms with Gasteiger partial charge < -0.3 is 14.7 Å². The molecular weight excluding hydrogens is 842 g/mol. The molecule has 1 aromatic heterocycles. The lowest BCUT2D eigenvalue weighted by molar-refractivity contribution is 0.195. The first-order valence-corrected chi connectivity index (χ1v) is 26.1. The van der Waals surface area contributed by atoms with Gasteiger partial charge in [-0.1, -0.05) is 143 Å². The molecule has 7 aromatic carbocycles. The number of thiophene rings is 1. The van der Waals surface area contributed by atoms with Gasteiger partial charge in [-0.3, -0.25) is 0 Å². The third-order valence-electron chi connectivity index (χ3n) is 16.9. The van der Waals surface area contributed by atoms with Crippen LogP contribution < -0.4 is 31.1 Å². The maximum absolute atomic E-state index is 2.78. The second kappa shape index (κ2) is 14.6. The van der Waals surface area contributed by atoms with Crippen molar-refractivity contribution in [3.63, 3.8) is 0 Å². The first-order chi connectivity index (χ1) is 32.2. The summed E-state index contributed by atoms with van der Waals surface area (Å²) >= 11 is 1.89. The summed E-state index contributed by atoms with van der Waals surface area (Å²) in [6.07, 6.45) is 4.88. The highest BCUT2D eigenvalue weighted by molar-refractivity contribution is 7.25. The van der Waals surface area contributed by atoms with Crippen molar-refractivity contribution in [1.29, 1.82) is 0 Å². The zero-order chi connectivity index (χ0) is 47.4. The van der Waals surface area contributed by atoms with E-state index in [1.54, 1.807) is 0 Å². The van der Waals surface area contributed by atoms with Gasteiger partial charge >= 0.3 is 0 Å². The Bertz CT molecular complexity index is 3380. The minimum absolute atomic E-state index is 0.0228. The molecule has 0 spiro atoms. The lowest BCUT2D eigenvalue weighted by Crippen LogP contribution is -2.61. The van der Waals surface area contributed by atoms with Crippen molar-refractivity contribution in [3.05, 3.63) is 161 Å². The molecule has 1 fully saturated rings. The summed E-state index contributed by atoms with van der Waals surface area (Å²) in [6.45, 7) is 28.6. The highest BCUT2D eigenvalue weighted by Crippen LogP contribution is 2.61. The maximum atomic E-state index is 2.78. The summed E-state index contributed by atoms with van der Waals surface area (Å²) in [5.74, 6) is 0.